The van der Waals surface area contributed by atoms with Crippen molar-refractivity contribution in [3.8, 4) is 0 Å². The van der Waals surface area contributed by atoms with Gasteiger partial charge in [-0.2, -0.15) is 0 Å². The van der Waals surface area contributed by atoms with Gasteiger partial charge in [-0.1, -0.05) is 72.1 Å². The Morgan fingerprint density at radius 3 is 1.63 bits per heavy atom. The van der Waals surface area contributed by atoms with Gasteiger partial charge in [0, 0.05) is 21.1 Å². The van der Waals surface area contributed by atoms with E-state index in [4.69, 9.17) is 4.74 Å². The molecule has 1 saturated heterocycles. The van der Waals surface area contributed by atoms with Crippen molar-refractivity contribution in [3.63, 3.8) is 0 Å². The standard InChI is InChI=1S/C20H36O2.C2H6.C2H4.W/c1-15-2-4-16(5-3-15)6-7-17-8-10-18(11-9-17)19-12-13-20(21)22-14-19;2*1-2;/h15-21H,2-14H2,1H3;1-2H3;1-2H2;. The van der Waals surface area contributed by atoms with Crippen LogP contribution in [0.4, 0.5) is 0 Å². The monoisotopic (exact) mass is 550 g/mol. The van der Waals surface area contributed by atoms with Gasteiger partial charge >= 0.3 is 0 Å². The summed E-state index contributed by atoms with van der Waals surface area (Å²) >= 11 is 0. The molecule has 0 amide bonds. The fraction of sp³-hybridized carbons (Fsp3) is 0.917. The molecule has 3 heteroatoms. The fourth-order valence-corrected chi connectivity index (χ4v) is 5.17. The molecule has 3 aliphatic rings. The molecule has 2 saturated carbocycles. The molecule has 1 aliphatic heterocycles. The zero-order chi connectivity index (χ0) is 19.4. The second-order valence-corrected chi connectivity index (χ2v) is 8.61. The van der Waals surface area contributed by atoms with Crippen LogP contribution in [-0.4, -0.2) is 18.0 Å². The topological polar surface area (TPSA) is 29.5 Å². The Balaban J connectivity index is 0.00000127. The summed E-state index contributed by atoms with van der Waals surface area (Å²) in [7, 11) is 0. The van der Waals surface area contributed by atoms with E-state index >= 15 is 0 Å². The van der Waals surface area contributed by atoms with E-state index in [1.165, 1.54) is 70.6 Å². The molecule has 1 N–H and O–H groups in total. The van der Waals surface area contributed by atoms with Gasteiger partial charge < -0.3 is 9.84 Å². The van der Waals surface area contributed by atoms with Gasteiger partial charge in [0.25, 0.3) is 0 Å². The van der Waals surface area contributed by atoms with Crippen LogP contribution in [0.15, 0.2) is 13.2 Å². The first-order valence-electron chi connectivity index (χ1n) is 11.5. The number of hydrogen-bond donors (Lipinski definition) is 1. The molecule has 2 nitrogen and oxygen atoms in total. The molecule has 0 spiro atoms. The van der Waals surface area contributed by atoms with E-state index in [-0.39, 0.29) is 21.1 Å². The molecule has 0 aromatic heterocycles. The zero-order valence-electron chi connectivity index (χ0n) is 18.3. The van der Waals surface area contributed by atoms with E-state index in [1.807, 2.05) is 13.8 Å². The van der Waals surface area contributed by atoms with E-state index < -0.39 is 6.29 Å². The second kappa shape index (κ2) is 16.2. The third-order valence-electron chi connectivity index (χ3n) is 6.96. The third kappa shape index (κ3) is 10.1. The molecule has 3 rings (SSSR count). The summed E-state index contributed by atoms with van der Waals surface area (Å²) in [5.41, 5.74) is 0. The quantitative estimate of drug-likeness (QED) is 0.383. The molecular formula is C24H46O2W. The molecule has 27 heavy (non-hydrogen) atoms. The molecular weight excluding hydrogens is 504 g/mol. The largest absolute Gasteiger partial charge is 0.368 e. The Hall–Kier alpha value is 0.348. The van der Waals surface area contributed by atoms with E-state index in [0.29, 0.717) is 0 Å². The van der Waals surface area contributed by atoms with Gasteiger partial charge in [-0.3, -0.25) is 0 Å². The maximum Gasteiger partial charge on any atom is 0.154 e. The first-order chi connectivity index (χ1) is 12.7. The van der Waals surface area contributed by atoms with Crippen LogP contribution in [0.5, 0.6) is 0 Å². The van der Waals surface area contributed by atoms with Gasteiger partial charge in [-0.05, 0) is 55.3 Å². The maximum absolute atomic E-state index is 9.46. The smallest absolute Gasteiger partial charge is 0.154 e. The summed E-state index contributed by atoms with van der Waals surface area (Å²) in [4.78, 5) is 0. The number of ether oxygens (including phenoxy) is 1. The molecule has 2 aliphatic carbocycles. The minimum Gasteiger partial charge on any atom is -0.368 e. The number of hydrogen-bond acceptors (Lipinski definition) is 2. The SMILES string of the molecule is C=C.CC.CC1CCC(CCC2CCC(C3CCC(O)OC3)CC2)CC1.[W]. The summed E-state index contributed by atoms with van der Waals surface area (Å²) < 4.78 is 5.46. The summed E-state index contributed by atoms with van der Waals surface area (Å²) in [5.74, 6) is 4.64. The minimum atomic E-state index is -0.481. The van der Waals surface area contributed by atoms with Crippen LogP contribution in [0, 0.1) is 29.6 Å². The van der Waals surface area contributed by atoms with Crippen LogP contribution in [0.2, 0.25) is 0 Å². The van der Waals surface area contributed by atoms with Crippen molar-refractivity contribution >= 4 is 0 Å². The molecule has 0 aromatic rings. The first-order valence-corrected chi connectivity index (χ1v) is 11.5. The van der Waals surface area contributed by atoms with Crippen LogP contribution < -0.4 is 0 Å². The number of rotatable bonds is 4. The molecule has 3 fully saturated rings. The van der Waals surface area contributed by atoms with Gasteiger partial charge in [-0.15, -0.1) is 13.2 Å². The van der Waals surface area contributed by atoms with E-state index in [2.05, 4.69) is 20.1 Å². The van der Waals surface area contributed by atoms with Gasteiger partial charge in [0.1, 0.15) is 0 Å². The van der Waals surface area contributed by atoms with Crippen molar-refractivity contribution in [2.24, 2.45) is 29.6 Å². The molecule has 0 bridgehead atoms. The fourth-order valence-electron chi connectivity index (χ4n) is 5.17. The van der Waals surface area contributed by atoms with Gasteiger partial charge in [0.05, 0.1) is 6.61 Å². The summed E-state index contributed by atoms with van der Waals surface area (Å²) in [5, 5.41) is 9.46. The van der Waals surface area contributed by atoms with Crippen LogP contribution >= 0.6 is 0 Å². The van der Waals surface area contributed by atoms with Crippen LogP contribution in [0.3, 0.4) is 0 Å². The summed E-state index contributed by atoms with van der Waals surface area (Å²) in [6, 6.07) is 0. The van der Waals surface area contributed by atoms with Crippen molar-refractivity contribution in [3.05, 3.63) is 13.2 Å². The average molecular weight is 550 g/mol. The van der Waals surface area contributed by atoms with Gasteiger partial charge in [-0.25, -0.2) is 0 Å². The second-order valence-electron chi connectivity index (χ2n) is 8.61. The molecule has 0 aromatic carbocycles. The summed E-state index contributed by atoms with van der Waals surface area (Å²) in [6.45, 7) is 13.2. The predicted molar refractivity (Wildman–Crippen MR) is 113 cm³/mol. The van der Waals surface area contributed by atoms with Crippen LogP contribution in [0.25, 0.3) is 0 Å². The van der Waals surface area contributed by atoms with Gasteiger partial charge in [0.15, 0.2) is 6.29 Å². The average Bonchev–Trinajstić information content (AvgIpc) is 2.72. The van der Waals surface area contributed by atoms with E-state index in [1.54, 1.807) is 0 Å². The predicted octanol–water partition coefficient (Wildman–Crippen LogP) is 6.97. The number of aliphatic hydroxyl groups excluding tert-OH is 1. The van der Waals surface area contributed by atoms with E-state index in [9.17, 15) is 5.11 Å². The Morgan fingerprint density at radius 2 is 1.19 bits per heavy atom. The molecule has 2 atom stereocenters. The Labute approximate surface area is 184 Å². The van der Waals surface area contributed by atoms with E-state index in [0.717, 1.165) is 42.6 Å². The van der Waals surface area contributed by atoms with Crippen molar-refractivity contribution in [2.75, 3.05) is 6.61 Å². The summed E-state index contributed by atoms with van der Waals surface area (Å²) in [6.07, 6.45) is 16.2. The molecule has 1 heterocycles. The third-order valence-corrected chi connectivity index (χ3v) is 6.96. The molecule has 0 radical (unpaired) electrons. The van der Waals surface area contributed by atoms with Crippen molar-refractivity contribution in [1.82, 2.24) is 0 Å². The Kier molecular flexibility index (Phi) is 16.4. The zero-order valence-corrected chi connectivity index (χ0v) is 21.3. The first kappa shape index (κ1) is 27.3. The molecule has 2 unspecified atom stereocenters. The molecule has 160 valence electrons. The van der Waals surface area contributed by atoms with Gasteiger partial charge in [0.2, 0.25) is 0 Å². The van der Waals surface area contributed by atoms with Crippen LogP contribution in [0.1, 0.15) is 97.8 Å². The van der Waals surface area contributed by atoms with Crippen molar-refractivity contribution < 1.29 is 30.9 Å². The Bertz CT molecular complexity index is 325. The normalized spacial score (nSPS) is 36.1. The Morgan fingerprint density at radius 1 is 0.741 bits per heavy atom. The van der Waals surface area contributed by atoms with Crippen LogP contribution in [-0.2, 0) is 25.8 Å². The van der Waals surface area contributed by atoms with Crippen molar-refractivity contribution in [1.29, 1.82) is 0 Å². The minimum absolute atomic E-state index is 0. The maximum atomic E-state index is 9.46. The van der Waals surface area contributed by atoms with Crippen molar-refractivity contribution in [2.45, 2.75) is 104 Å². The number of aliphatic hydroxyl groups is 1.